The van der Waals surface area contributed by atoms with Crippen LogP contribution in [0.25, 0.3) is 0 Å². The minimum absolute atomic E-state index is 0.116. The number of benzene rings is 1. The summed E-state index contributed by atoms with van der Waals surface area (Å²) in [5.41, 5.74) is 0.589. The SMILES string of the molecule is Cc1cc(OCC=C(Cl)Cl)cc(Cl)c1OCCCc1ccc(C(F)(F)F)cn1. The molecule has 0 N–H and O–H groups in total. The van der Waals surface area contributed by atoms with Crippen molar-refractivity contribution < 1.29 is 22.6 Å². The van der Waals surface area contributed by atoms with Crippen LogP contribution in [0.15, 0.2) is 41.0 Å². The molecule has 0 aliphatic carbocycles. The van der Waals surface area contributed by atoms with Crippen LogP contribution in [0, 0.1) is 6.92 Å². The van der Waals surface area contributed by atoms with Gasteiger partial charge in [0.1, 0.15) is 22.6 Å². The molecule has 3 nitrogen and oxygen atoms in total. The van der Waals surface area contributed by atoms with Crippen LogP contribution in [-0.2, 0) is 12.6 Å². The van der Waals surface area contributed by atoms with E-state index in [1.807, 2.05) is 6.92 Å². The maximum atomic E-state index is 12.5. The summed E-state index contributed by atoms with van der Waals surface area (Å²) < 4.78 is 48.9. The first-order chi connectivity index (χ1) is 13.2. The third kappa shape index (κ3) is 7.08. The third-order valence-electron chi connectivity index (χ3n) is 3.67. The number of aryl methyl sites for hydroxylation is 2. The quantitative estimate of drug-likeness (QED) is 0.412. The van der Waals surface area contributed by atoms with Gasteiger partial charge >= 0.3 is 6.18 Å². The van der Waals surface area contributed by atoms with Gasteiger partial charge in [-0.1, -0.05) is 34.8 Å². The molecule has 2 aromatic rings. The van der Waals surface area contributed by atoms with Crippen molar-refractivity contribution in [2.24, 2.45) is 0 Å². The molecule has 1 heterocycles. The van der Waals surface area contributed by atoms with Crippen molar-refractivity contribution in [3.63, 3.8) is 0 Å². The van der Waals surface area contributed by atoms with E-state index in [9.17, 15) is 13.2 Å². The topological polar surface area (TPSA) is 31.4 Å². The summed E-state index contributed by atoms with van der Waals surface area (Å²) >= 11 is 17.3. The summed E-state index contributed by atoms with van der Waals surface area (Å²) in [4.78, 5) is 3.84. The van der Waals surface area contributed by atoms with Crippen molar-refractivity contribution in [1.82, 2.24) is 4.98 Å². The lowest BCUT2D eigenvalue weighted by atomic mass is 10.2. The Balaban J connectivity index is 1.86. The summed E-state index contributed by atoms with van der Waals surface area (Å²) in [5, 5.41) is 0.392. The van der Waals surface area contributed by atoms with E-state index in [0.717, 1.165) is 17.8 Å². The van der Waals surface area contributed by atoms with Gasteiger partial charge in [-0.2, -0.15) is 13.2 Å². The zero-order valence-corrected chi connectivity index (χ0v) is 17.1. The molecule has 1 aromatic carbocycles. The maximum Gasteiger partial charge on any atom is 0.417 e. The number of nitrogens with zero attached hydrogens (tertiary/aromatic N) is 1. The molecule has 152 valence electrons. The van der Waals surface area contributed by atoms with E-state index >= 15 is 0 Å². The lowest BCUT2D eigenvalue weighted by Gasteiger charge is -2.13. The van der Waals surface area contributed by atoms with Crippen LogP contribution < -0.4 is 9.47 Å². The Bertz CT molecular complexity index is 797. The summed E-state index contributed by atoms with van der Waals surface area (Å²) in [5.74, 6) is 1.08. The van der Waals surface area contributed by atoms with Gasteiger partial charge in [0.05, 0.1) is 17.2 Å². The molecule has 9 heteroatoms. The fraction of sp³-hybridized carbons (Fsp3) is 0.316. The number of hydrogen-bond acceptors (Lipinski definition) is 3. The van der Waals surface area contributed by atoms with Gasteiger partial charge in [0.15, 0.2) is 0 Å². The first-order valence-electron chi connectivity index (χ1n) is 8.26. The summed E-state index contributed by atoms with van der Waals surface area (Å²) in [6, 6.07) is 5.79. The lowest BCUT2D eigenvalue weighted by molar-refractivity contribution is -0.137. The highest BCUT2D eigenvalue weighted by Crippen LogP contribution is 2.33. The average molecular weight is 455 g/mol. The average Bonchev–Trinajstić information content (AvgIpc) is 2.60. The highest BCUT2D eigenvalue weighted by atomic mass is 35.5. The van der Waals surface area contributed by atoms with Gasteiger partial charge < -0.3 is 9.47 Å². The lowest BCUT2D eigenvalue weighted by Crippen LogP contribution is -2.06. The molecule has 0 aliphatic heterocycles. The van der Waals surface area contributed by atoms with Crippen LogP contribution in [0.5, 0.6) is 11.5 Å². The Morgan fingerprint density at radius 3 is 2.50 bits per heavy atom. The Kier molecular flexibility index (Phi) is 8.28. The van der Waals surface area contributed by atoms with Gasteiger partial charge in [0, 0.05) is 18.0 Å². The van der Waals surface area contributed by atoms with Gasteiger partial charge in [-0.3, -0.25) is 4.98 Å². The van der Waals surface area contributed by atoms with E-state index in [1.165, 1.54) is 12.1 Å². The van der Waals surface area contributed by atoms with Crippen LogP contribution in [0.4, 0.5) is 13.2 Å². The summed E-state index contributed by atoms with van der Waals surface area (Å²) in [6.07, 6.45) is -0.979. The molecule has 0 radical (unpaired) electrons. The Hall–Kier alpha value is -1.63. The zero-order valence-electron chi connectivity index (χ0n) is 14.8. The molecule has 0 amide bonds. The molecule has 0 saturated heterocycles. The Labute approximate surface area is 176 Å². The van der Waals surface area contributed by atoms with Gasteiger partial charge in [-0.05, 0) is 49.6 Å². The molecule has 0 atom stereocenters. The molecular weight excluding hydrogens is 438 g/mol. The molecule has 28 heavy (non-hydrogen) atoms. The van der Waals surface area contributed by atoms with E-state index < -0.39 is 11.7 Å². The smallest absolute Gasteiger partial charge is 0.417 e. The van der Waals surface area contributed by atoms with Crippen molar-refractivity contribution in [2.45, 2.75) is 25.9 Å². The number of halogens is 6. The second-order valence-corrected chi connectivity index (χ2v) is 7.26. The molecule has 0 spiro atoms. The molecule has 0 aliphatic rings. The number of hydrogen-bond donors (Lipinski definition) is 0. The number of ether oxygens (including phenoxy) is 2. The number of aromatic nitrogens is 1. The van der Waals surface area contributed by atoms with Crippen molar-refractivity contribution in [2.75, 3.05) is 13.2 Å². The molecule has 0 fully saturated rings. The Morgan fingerprint density at radius 2 is 1.93 bits per heavy atom. The Morgan fingerprint density at radius 1 is 1.18 bits per heavy atom. The zero-order chi connectivity index (χ0) is 20.7. The first kappa shape index (κ1) is 22.7. The molecule has 2 rings (SSSR count). The van der Waals surface area contributed by atoms with Gasteiger partial charge in [-0.25, -0.2) is 0 Å². The van der Waals surface area contributed by atoms with Crippen LogP contribution in [0.3, 0.4) is 0 Å². The molecule has 0 unspecified atom stereocenters. The number of alkyl halides is 3. The van der Waals surface area contributed by atoms with Crippen molar-refractivity contribution in [3.8, 4) is 11.5 Å². The van der Waals surface area contributed by atoms with Gasteiger partial charge in [0.2, 0.25) is 0 Å². The second kappa shape index (κ2) is 10.2. The van der Waals surface area contributed by atoms with Crippen molar-refractivity contribution in [1.29, 1.82) is 0 Å². The van der Waals surface area contributed by atoms with Crippen LogP contribution in [0.1, 0.15) is 23.2 Å². The second-order valence-electron chi connectivity index (χ2n) is 5.84. The monoisotopic (exact) mass is 453 g/mol. The molecule has 0 saturated carbocycles. The fourth-order valence-electron chi connectivity index (χ4n) is 2.33. The number of rotatable bonds is 8. The molecule has 0 bridgehead atoms. The van der Waals surface area contributed by atoms with E-state index in [4.69, 9.17) is 44.3 Å². The van der Waals surface area contributed by atoms with Crippen molar-refractivity contribution in [3.05, 3.63) is 62.9 Å². The van der Waals surface area contributed by atoms with E-state index in [0.29, 0.717) is 41.7 Å². The van der Waals surface area contributed by atoms with Crippen LogP contribution >= 0.6 is 34.8 Å². The van der Waals surface area contributed by atoms with E-state index in [2.05, 4.69) is 4.98 Å². The number of pyridine rings is 1. The molecular formula is C19H17Cl3F3NO2. The van der Waals surface area contributed by atoms with Crippen molar-refractivity contribution >= 4 is 34.8 Å². The highest BCUT2D eigenvalue weighted by Gasteiger charge is 2.30. The molecule has 1 aromatic heterocycles. The minimum atomic E-state index is -4.38. The summed E-state index contributed by atoms with van der Waals surface area (Å²) in [7, 11) is 0. The highest BCUT2D eigenvalue weighted by molar-refractivity contribution is 6.55. The van der Waals surface area contributed by atoms with Crippen LogP contribution in [-0.4, -0.2) is 18.2 Å². The van der Waals surface area contributed by atoms with Gasteiger partial charge in [-0.15, -0.1) is 0 Å². The third-order valence-corrected chi connectivity index (χ3v) is 4.26. The fourth-order valence-corrected chi connectivity index (χ4v) is 2.77. The van der Waals surface area contributed by atoms with Gasteiger partial charge in [0.25, 0.3) is 0 Å². The largest absolute Gasteiger partial charge is 0.492 e. The first-order valence-corrected chi connectivity index (χ1v) is 9.39. The predicted molar refractivity (Wildman–Crippen MR) is 105 cm³/mol. The van der Waals surface area contributed by atoms with E-state index in [-0.39, 0.29) is 11.1 Å². The van der Waals surface area contributed by atoms with Crippen LogP contribution in [0.2, 0.25) is 5.02 Å². The minimum Gasteiger partial charge on any atom is -0.492 e. The maximum absolute atomic E-state index is 12.5. The summed E-state index contributed by atoms with van der Waals surface area (Å²) in [6.45, 7) is 2.38. The standard InChI is InChI=1S/C19H17Cl3F3NO2/c1-12-9-15(27-8-6-17(21)22)10-16(20)18(12)28-7-2-3-14-5-4-13(11-26-14)19(23,24)25/h4-6,9-11H,2-3,7-8H2,1H3. The normalized spacial score (nSPS) is 11.2. The predicted octanol–water partition coefficient (Wildman–Crippen LogP) is 6.77. The van der Waals surface area contributed by atoms with E-state index in [1.54, 1.807) is 12.1 Å².